The van der Waals surface area contributed by atoms with E-state index in [-0.39, 0.29) is 57.3 Å². The summed E-state index contributed by atoms with van der Waals surface area (Å²) in [5.74, 6) is -6.54. The molecular formula is C44H70N4O18S2. The molecule has 22 nitrogen and oxygen atoms in total. The number of fused-ring (bicyclic) bond motifs is 6. The number of benzene rings is 1. The Bertz CT molecular complexity index is 2200. The average molecular weight is 1010 g/mol. The molecule has 0 unspecified atom stereocenters. The summed E-state index contributed by atoms with van der Waals surface area (Å²) in [4.78, 5) is 12.4. The van der Waals surface area contributed by atoms with Crippen molar-refractivity contribution in [3.8, 4) is 0 Å². The minimum absolute atomic E-state index is 0.140. The maximum atomic E-state index is 13.2. The summed E-state index contributed by atoms with van der Waals surface area (Å²) in [6, 6.07) is 9.38. The highest BCUT2D eigenvalue weighted by atomic mass is 32.2. The second kappa shape index (κ2) is 18.4. The van der Waals surface area contributed by atoms with E-state index in [1.807, 2.05) is 58.0 Å². The Balaban J connectivity index is 0.000000192. The molecule has 386 valence electrons. The van der Waals surface area contributed by atoms with Crippen LogP contribution in [0.5, 0.6) is 0 Å². The summed E-state index contributed by atoms with van der Waals surface area (Å²) >= 11 is 0. The number of carbonyl (C=O) groups is 1. The van der Waals surface area contributed by atoms with Gasteiger partial charge in [-0.3, -0.25) is 8.37 Å². The number of alkyl carbamates (subject to hydrolysis) is 1. The average Bonchev–Trinajstić information content (AvgIpc) is 3.92. The molecule has 1 aromatic carbocycles. The number of nitrogens with one attached hydrogen (secondary N) is 1. The number of nitrogens with zero attached hydrogens (tertiary/aromatic N) is 2. The highest BCUT2D eigenvalue weighted by Gasteiger charge is 2.67. The van der Waals surface area contributed by atoms with Gasteiger partial charge in [0.2, 0.25) is 11.6 Å². The fourth-order valence-electron chi connectivity index (χ4n) is 9.91. The van der Waals surface area contributed by atoms with Crippen LogP contribution in [0.15, 0.2) is 30.3 Å². The van der Waals surface area contributed by atoms with E-state index in [0.717, 1.165) is 5.56 Å². The van der Waals surface area contributed by atoms with Crippen molar-refractivity contribution in [1.82, 2.24) is 13.9 Å². The van der Waals surface area contributed by atoms with Crippen LogP contribution in [0.4, 0.5) is 4.79 Å². The van der Waals surface area contributed by atoms with Gasteiger partial charge in [-0.05, 0) is 100 Å². The Hall–Kier alpha value is -2.21. The van der Waals surface area contributed by atoms with Crippen molar-refractivity contribution in [2.75, 3.05) is 52.6 Å². The van der Waals surface area contributed by atoms with Crippen LogP contribution >= 0.6 is 0 Å². The first-order valence-electron chi connectivity index (χ1n) is 23.2. The molecule has 8 fully saturated rings. The summed E-state index contributed by atoms with van der Waals surface area (Å²) < 4.78 is 131. The van der Waals surface area contributed by atoms with Gasteiger partial charge in [-0.25, -0.2) is 4.79 Å². The molecule has 8 aliphatic heterocycles. The SMILES string of the molecule is CC1(N)CCN(S(=O)(=O)OC[C@@]23OC[C@H]4OC(C)(C)O[C@H]4[C@@H]2OC(C)(C)O3)CC1.CC1(NC(=O)OCc2ccccc2)CCN(S(=O)(=O)OC[C@@]23OC[C@H]4OC(C)(C)O[C@H]4[C@@H]2OC(C)(C)O3)CC1. The molecule has 68 heavy (non-hydrogen) atoms. The van der Waals surface area contributed by atoms with E-state index < -0.39 is 98.0 Å². The molecule has 8 aliphatic rings. The van der Waals surface area contributed by atoms with E-state index in [1.54, 1.807) is 41.5 Å². The largest absolute Gasteiger partial charge is 0.445 e. The van der Waals surface area contributed by atoms with Gasteiger partial charge in [0.05, 0.1) is 13.2 Å². The molecule has 0 aliphatic carbocycles. The Morgan fingerprint density at radius 1 is 0.632 bits per heavy atom. The van der Waals surface area contributed by atoms with E-state index in [1.165, 1.54) is 8.61 Å². The lowest BCUT2D eigenvalue weighted by Gasteiger charge is -2.41. The molecule has 1 amide bonds. The molecule has 0 saturated carbocycles. The number of amides is 1. The van der Waals surface area contributed by atoms with Gasteiger partial charge in [0.1, 0.15) is 56.4 Å². The lowest BCUT2D eigenvalue weighted by Crippen LogP contribution is -2.61. The third-order valence-corrected chi connectivity index (χ3v) is 16.1. The van der Waals surface area contributed by atoms with E-state index in [9.17, 15) is 21.6 Å². The highest BCUT2D eigenvalue weighted by Crippen LogP contribution is 2.49. The quantitative estimate of drug-likeness (QED) is 0.323. The van der Waals surface area contributed by atoms with Crippen LogP contribution in [0, 0.1) is 0 Å². The van der Waals surface area contributed by atoms with Crippen molar-refractivity contribution >= 4 is 26.7 Å². The molecule has 0 spiro atoms. The van der Waals surface area contributed by atoms with Crippen LogP contribution in [0.3, 0.4) is 0 Å². The molecule has 0 radical (unpaired) electrons. The zero-order valence-electron chi connectivity index (χ0n) is 40.7. The van der Waals surface area contributed by atoms with E-state index in [4.69, 9.17) is 66.2 Å². The monoisotopic (exact) mass is 1010 g/mol. The zero-order chi connectivity index (χ0) is 49.4. The Morgan fingerprint density at radius 3 is 1.50 bits per heavy atom. The molecule has 0 bridgehead atoms. The third-order valence-electron chi connectivity index (χ3n) is 13.3. The predicted molar refractivity (Wildman–Crippen MR) is 237 cm³/mol. The highest BCUT2D eigenvalue weighted by molar-refractivity contribution is 7.84. The van der Waals surface area contributed by atoms with Gasteiger partial charge < -0.3 is 63.2 Å². The van der Waals surface area contributed by atoms with Gasteiger partial charge >= 0.3 is 26.7 Å². The summed E-state index contributed by atoms with van der Waals surface area (Å²) in [5.41, 5.74) is 5.99. The Labute approximate surface area is 399 Å². The first-order valence-corrected chi connectivity index (χ1v) is 26.0. The number of ether oxygens (including phenoxy) is 11. The van der Waals surface area contributed by atoms with Crippen LogP contribution in [0.25, 0.3) is 0 Å². The van der Waals surface area contributed by atoms with Crippen molar-refractivity contribution < 1.29 is 82.1 Å². The van der Waals surface area contributed by atoms with E-state index in [0.29, 0.717) is 38.8 Å². The minimum atomic E-state index is -4.13. The van der Waals surface area contributed by atoms with Gasteiger partial charge in [0.25, 0.3) is 0 Å². The molecule has 24 heteroatoms. The van der Waals surface area contributed by atoms with Crippen LogP contribution in [0.1, 0.15) is 100 Å². The lowest BCUT2D eigenvalue weighted by atomic mass is 9.91. The maximum Gasteiger partial charge on any atom is 0.407 e. The molecule has 8 heterocycles. The fourth-order valence-corrected chi connectivity index (χ4v) is 12.1. The molecule has 8 saturated heterocycles. The number of hydrogen-bond acceptors (Lipinski definition) is 19. The van der Waals surface area contributed by atoms with Gasteiger partial charge in [-0.1, -0.05) is 30.3 Å². The Kier molecular flexibility index (Phi) is 14.1. The normalized spacial score (nSPS) is 36.6. The number of hydrogen-bond donors (Lipinski definition) is 2. The lowest BCUT2D eigenvalue weighted by molar-refractivity contribution is -0.291. The van der Waals surface area contributed by atoms with Gasteiger partial charge in [-0.2, -0.15) is 25.4 Å². The van der Waals surface area contributed by atoms with E-state index >= 15 is 0 Å². The standard InChI is InChI=1S/C26H38N2O10S.C18H32N2O8S/c1-23(2)35-19-16-33-26(21(20(19)36-23)37-24(3,4)38-26)17-34-39(30,31)28-13-11-25(5,12-14-28)27-22(29)32-15-18-9-7-6-8-10-18;1-15(2)25-12-10-23-18(14(13(12)26-15)27-16(3,4)28-18)11-24-29(21,22)20-8-6-17(5,19)7-9-20/h6-10,19-21H,11-17H2,1-5H3,(H,27,29);12-14H,6-11,19H2,1-5H3/t19-,20-,21+,26+;12-,13-,14+,18+/m11/s1. The molecule has 0 aromatic heterocycles. The molecule has 9 rings (SSSR count). The third kappa shape index (κ3) is 11.5. The van der Waals surface area contributed by atoms with Crippen molar-refractivity contribution in [1.29, 1.82) is 0 Å². The van der Waals surface area contributed by atoms with Crippen molar-refractivity contribution in [2.45, 2.75) is 184 Å². The Morgan fingerprint density at radius 2 is 1.06 bits per heavy atom. The number of rotatable bonds is 11. The van der Waals surface area contributed by atoms with Crippen molar-refractivity contribution in [3.63, 3.8) is 0 Å². The predicted octanol–water partition coefficient (Wildman–Crippen LogP) is 2.89. The first-order chi connectivity index (χ1) is 31.4. The van der Waals surface area contributed by atoms with Gasteiger partial charge in [-0.15, -0.1) is 0 Å². The molecule has 1 aromatic rings. The maximum absolute atomic E-state index is 13.2. The minimum Gasteiger partial charge on any atom is -0.445 e. The summed E-state index contributed by atoms with van der Waals surface area (Å²) in [6.45, 7) is 18.6. The summed E-state index contributed by atoms with van der Waals surface area (Å²) in [7, 11) is -8.10. The van der Waals surface area contributed by atoms with E-state index in [2.05, 4.69) is 5.32 Å². The topological polar surface area (TPSA) is 250 Å². The number of carbonyl (C=O) groups excluding carboxylic acids is 1. The van der Waals surface area contributed by atoms with Crippen molar-refractivity contribution in [2.24, 2.45) is 5.73 Å². The summed E-state index contributed by atoms with van der Waals surface area (Å²) in [6.07, 6.45) is -1.76. The number of nitrogens with two attached hydrogens (primary N) is 1. The van der Waals surface area contributed by atoms with Crippen molar-refractivity contribution in [3.05, 3.63) is 35.9 Å². The van der Waals surface area contributed by atoms with Crippen LogP contribution in [-0.4, -0.2) is 167 Å². The fraction of sp³-hybridized carbons (Fsp3) is 0.841. The second-order valence-corrected chi connectivity index (χ2v) is 24.5. The molecular weight excluding hydrogens is 937 g/mol. The molecule has 8 atom stereocenters. The van der Waals surface area contributed by atoms with Gasteiger partial charge in [0, 0.05) is 37.3 Å². The first kappa shape index (κ1) is 52.1. The second-order valence-electron chi connectivity index (χ2n) is 21.2. The zero-order valence-corrected chi connectivity index (χ0v) is 42.3. The van der Waals surface area contributed by atoms with Crippen LogP contribution in [-0.2, 0) is 87.7 Å². The number of piperidine rings is 2. The van der Waals surface area contributed by atoms with Gasteiger partial charge in [0.15, 0.2) is 23.1 Å². The van der Waals surface area contributed by atoms with Crippen LogP contribution in [0.2, 0.25) is 0 Å². The molecule has 3 N–H and O–H groups in total. The summed E-state index contributed by atoms with van der Waals surface area (Å²) in [5, 5.41) is 2.88. The van der Waals surface area contributed by atoms with Crippen LogP contribution < -0.4 is 11.1 Å². The smallest absolute Gasteiger partial charge is 0.407 e.